The van der Waals surface area contributed by atoms with Gasteiger partial charge in [-0.25, -0.2) is 14.8 Å². The first-order valence-electron chi connectivity index (χ1n) is 24.5. The van der Waals surface area contributed by atoms with Crippen molar-refractivity contribution in [3.63, 3.8) is 0 Å². The van der Waals surface area contributed by atoms with Gasteiger partial charge < -0.3 is 14.4 Å². The molecular formula is C67H45N7. The van der Waals surface area contributed by atoms with Crippen molar-refractivity contribution in [2.45, 2.75) is 6.92 Å². The molecule has 0 saturated heterocycles. The van der Waals surface area contributed by atoms with E-state index in [4.69, 9.17) is 16.5 Å². The van der Waals surface area contributed by atoms with Gasteiger partial charge in [-0.05, 0) is 145 Å². The van der Waals surface area contributed by atoms with Gasteiger partial charge in [0, 0.05) is 67.3 Å². The molecule has 0 amide bonds. The SMILES string of the molecule is [C-]#[N+]c1ccc(N(c2ccc(C#N)cc2)c2ccc3c(c2)c2cc(N(c4ccccc4)c4ccccc4)ccc2n3-c2ccc(-c3ccc(-c4cc(-c5ccccc5)nc(-c5ccccc5)n4)cc3C)cc2)cc1. The van der Waals surface area contributed by atoms with Crippen LogP contribution in [0.1, 0.15) is 11.1 Å². The van der Waals surface area contributed by atoms with Crippen molar-refractivity contribution in [2.75, 3.05) is 9.80 Å². The molecule has 0 aliphatic heterocycles. The molecular weight excluding hydrogens is 903 g/mol. The van der Waals surface area contributed by atoms with Crippen molar-refractivity contribution >= 4 is 61.6 Å². The summed E-state index contributed by atoms with van der Waals surface area (Å²) in [5.74, 6) is 0.692. The minimum atomic E-state index is 0.566. The fraction of sp³-hybridized carbons (Fsp3) is 0.0149. The van der Waals surface area contributed by atoms with Crippen molar-refractivity contribution in [2.24, 2.45) is 0 Å². The van der Waals surface area contributed by atoms with Gasteiger partial charge in [0.1, 0.15) is 0 Å². The maximum Gasteiger partial charge on any atom is 0.187 e. The summed E-state index contributed by atoms with van der Waals surface area (Å²) in [7, 11) is 0. The molecule has 7 nitrogen and oxygen atoms in total. The molecule has 0 fully saturated rings. The van der Waals surface area contributed by atoms with Crippen LogP contribution in [0.3, 0.4) is 0 Å². The standard InChI is InChI=1S/C67H45N7/c1-46-41-51(64-44-63(49-15-7-3-8-16-49)70-67(71-64)50-17-9-4-10-18-50)27-38-60(46)48-25-32-57(33-26-48)74-65-39-36-58(72(53-19-11-5-12-20-53)54-21-13-6-14-22-54)42-61(65)62-43-59(37-40-66(62)74)73(55-30-23-47(45-68)24-31-55)56-34-28-52(69-2)29-35-56/h3-44H,1H3. The first-order valence-corrected chi connectivity index (χ1v) is 24.5. The molecule has 0 bridgehead atoms. The topological polar surface area (TPSA) is 65.3 Å². The Morgan fingerprint density at radius 1 is 0.432 bits per heavy atom. The molecule has 0 spiro atoms. The summed E-state index contributed by atoms with van der Waals surface area (Å²) in [6.45, 7) is 9.79. The summed E-state index contributed by atoms with van der Waals surface area (Å²) < 4.78 is 2.35. The van der Waals surface area contributed by atoms with Crippen LogP contribution in [0, 0.1) is 24.8 Å². The molecule has 74 heavy (non-hydrogen) atoms. The minimum Gasteiger partial charge on any atom is -0.311 e. The smallest absolute Gasteiger partial charge is 0.187 e. The van der Waals surface area contributed by atoms with Crippen molar-refractivity contribution in [3.8, 4) is 56.8 Å². The Kier molecular flexibility index (Phi) is 11.8. The second-order valence-corrected chi connectivity index (χ2v) is 18.1. The van der Waals surface area contributed by atoms with Crippen LogP contribution in [-0.4, -0.2) is 14.5 Å². The minimum absolute atomic E-state index is 0.566. The van der Waals surface area contributed by atoms with Crippen molar-refractivity contribution in [1.82, 2.24) is 14.5 Å². The average Bonchev–Trinajstić information content (AvgIpc) is 3.80. The second kappa shape index (κ2) is 19.5. The van der Waals surface area contributed by atoms with Crippen molar-refractivity contribution in [1.29, 1.82) is 5.26 Å². The number of rotatable bonds is 11. The number of hydrogen-bond donors (Lipinski definition) is 0. The molecule has 0 saturated carbocycles. The highest BCUT2D eigenvalue weighted by molar-refractivity contribution is 6.12. The summed E-state index contributed by atoms with van der Waals surface area (Å²) >= 11 is 0. The Morgan fingerprint density at radius 2 is 0.892 bits per heavy atom. The third-order valence-corrected chi connectivity index (χ3v) is 13.6. The number of nitriles is 1. The molecule has 10 aromatic carbocycles. The van der Waals surface area contributed by atoms with Crippen LogP contribution in [0.4, 0.5) is 39.8 Å². The Labute approximate surface area is 430 Å². The molecule has 12 aromatic rings. The largest absolute Gasteiger partial charge is 0.311 e. The second-order valence-electron chi connectivity index (χ2n) is 18.1. The highest BCUT2D eigenvalue weighted by Gasteiger charge is 2.21. The number of aryl methyl sites for hydroxylation is 1. The van der Waals surface area contributed by atoms with Crippen molar-refractivity contribution in [3.05, 3.63) is 277 Å². The number of fused-ring (bicyclic) bond motifs is 3. The molecule has 12 rings (SSSR count). The van der Waals surface area contributed by atoms with Gasteiger partial charge in [0.15, 0.2) is 11.5 Å². The number of hydrogen-bond acceptors (Lipinski definition) is 5. The zero-order chi connectivity index (χ0) is 50.0. The molecule has 348 valence electrons. The van der Waals surface area contributed by atoms with Gasteiger partial charge in [-0.2, -0.15) is 5.26 Å². The van der Waals surface area contributed by atoms with E-state index >= 15 is 0 Å². The third-order valence-electron chi connectivity index (χ3n) is 13.6. The molecule has 0 atom stereocenters. The third kappa shape index (κ3) is 8.58. The lowest BCUT2D eigenvalue weighted by Crippen LogP contribution is -2.10. The van der Waals surface area contributed by atoms with E-state index in [0.29, 0.717) is 17.1 Å². The first-order chi connectivity index (χ1) is 36.5. The summed E-state index contributed by atoms with van der Waals surface area (Å²) in [6.07, 6.45) is 0. The molecule has 0 unspecified atom stereocenters. The van der Waals surface area contributed by atoms with E-state index in [1.165, 1.54) is 0 Å². The molecule has 7 heteroatoms. The number of anilines is 6. The molecule has 0 N–H and O–H groups in total. The van der Waals surface area contributed by atoms with Gasteiger partial charge in [-0.1, -0.05) is 133 Å². The van der Waals surface area contributed by atoms with Gasteiger partial charge in [-0.3, -0.25) is 0 Å². The Bertz CT molecular complexity index is 3910. The molecule has 0 aliphatic carbocycles. The van der Waals surface area contributed by atoms with Crippen LogP contribution < -0.4 is 9.80 Å². The quantitative estimate of drug-likeness (QED) is 0.121. The summed E-state index contributed by atoms with van der Waals surface area (Å²) in [4.78, 5) is 18.2. The van der Waals surface area contributed by atoms with Crippen LogP contribution in [0.15, 0.2) is 255 Å². The predicted molar refractivity (Wildman–Crippen MR) is 303 cm³/mol. The summed E-state index contributed by atoms with van der Waals surface area (Å²) in [5.41, 5.74) is 18.4. The highest BCUT2D eigenvalue weighted by atomic mass is 15.1. The number of nitrogens with zero attached hydrogens (tertiary/aromatic N) is 7. The fourth-order valence-electron chi connectivity index (χ4n) is 9.97. The van der Waals surface area contributed by atoms with E-state index in [2.05, 4.69) is 190 Å². The zero-order valence-electron chi connectivity index (χ0n) is 40.4. The van der Waals surface area contributed by atoms with Gasteiger partial charge in [-0.15, -0.1) is 0 Å². The van der Waals surface area contributed by atoms with Gasteiger partial charge >= 0.3 is 0 Å². The van der Waals surface area contributed by atoms with Crippen LogP contribution in [-0.2, 0) is 0 Å². The van der Waals surface area contributed by atoms with Crippen LogP contribution in [0.25, 0.3) is 77.4 Å². The van der Waals surface area contributed by atoms with Crippen LogP contribution in [0.2, 0.25) is 0 Å². The monoisotopic (exact) mass is 947 g/mol. The molecule has 2 aromatic heterocycles. The maximum atomic E-state index is 9.69. The van der Waals surface area contributed by atoms with Gasteiger partial charge in [0.05, 0.1) is 40.6 Å². The number of aromatic nitrogens is 3. The Hall–Kier alpha value is -10.3. The van der Waals surface area contributed by atoms with Crippen LogP contribution >= 0.6 is 0 Å². The van der Waals surface area contributed by atoms with Gasteiger partial charge in [0.2, 0.25) is 0 Å². The average molecular weight is 948 g/mol. The lowest BCUT2D eigenvalue weighted by Gasteiger charge is -2.26. The fourth-order valence-corrected chi connectivity index (χ4v) is 9.97. The van der Waals surface area contributed by atoms with E-state index in [1.807, 2.05) is 97.1 Å². The zero-order valence-corrected chi connectivity index (χ0v) is 40.4. The summed E-state index contributed by atoms with van der Waals surface area (Å²) in [5, 5.41) is 11.9. The van der Waals surface area contributed by atoms with Crippen LogP contribution in [0.5, 0.6) is 0 Å². The lowest BCUT2D eigenvalue weighted by molar-refractivity contribution is 1.18. The lowest BCUT2D eigenvalue weighted by atomic mass is 9.96. The first kappa shape index (κ1) is 44.8. The highest BCUT2D eigenvalue weighted by Crippen LogP contribution is 2.43. The Morgan fingerprint density at radius 3 is 1.41 bits per heavy atom. The molecule has 2 heterocycles. The van der Waals surface area contributed by atoms with E-state index in [-0.39, 0.29) is 0 Å². The van der Waals surface area contributed by atoms with E-state index in [1.54, 1.807) is 0 Å². The normalized spacial score (nSPS) is 11.0. The molecule has 0 aliphatic rings. The Balaban J connectivity index is 0.974. The number of benzene rings is 10. The maximum absolute atomic E-state index is 9.69. The van der Waals surface area contributed by atoms with Crippen molar-refractivity contribution < 1.29 is 0 Å². The van der Waals surface area contributed by atoms with E-state index in [0.717, 1.165) is 106 Å². The summed E-state index contributed by atoms with van der Waals surface area (Å²) in [6, 6.07) is 89.9. The number of para-hydroxylation sites is 2. The van der Waals surface area contributed by atoms with E-state index < -0.39 is 0 Å². The predicted octanol–water partition coefficient (Wildman–Crippen LogP) is 17.9. The molecule has 0 radical (unpaired) electrons. The van der Waals surface area contributed by atoms with E-state index in [9.17, 15) is 5.26 Å². The van der Waals surface area contributed by atoms with Gasteiger partial charge in [0.25, 0.3) is 0 Å².